The molecular weight excluding hydrogens is 456 g/mol. The van der Waals surface area contributed by atoms with Crippen molar-refractivity contribution in [3.05, 3.63) is 100 Å². The van der Waals surface area contributed by atoms with E-state index in [9.17, 15) is 4.79 Å². The van der Waals surface area contributed by atoms with Crippen molar-refractivity contribution in [3.8, 4) is 11.4 Å². The van der Waals surface area contributed by atoms with Crippen LogP contribution in [0.15, 0.2) is 88.8 Å². The number of aromatic nitrogens is 6. The van der Waals surface area contributed by atoms with Crippen LogP contribution in [0.2, 0.25) is 0 Å². The highest BCUT2D eigenvalue weighted by molar-refractivity contribution is 7.98. The third-order valence-electron chi connectivity index (χ3n) is 5.85. The Bertz CT molecular complexity index is 1520. The fourth-order valence-electron chi connectivity index (χ4n) is 3.86. The predicted octanol–water partition coefficient (Wildman–Crippen LogP) is 5.15. The van der Waals surface area contributed by atoms with E-state index in [2.05, 4.69) is 82.2 Å². The summed E-state index contributed by atoms with van der Waals surface area (Å²) in [4.78, 5) is 12.9. The van der Waals surface area contributed by atoms with Crippen LogP contribution < -0.4 is 5.56 Å². The smallest absolute Gasteiger partial charge is 0.278 e. The highest BCUT2D eigenvalue weighted by atomic mass is 32.2. The largest absolute Gasteiger partial charge is 0.297 e. The Kier molecular flexibility index (Phi) is 6.21. The van der Waals surface area contributed by atoms with E-state index in [0.717, 1.165) is 17.0 Å². The Labute approximate surface area is 207 Å². The molecule has 0 atom stereocenters. The molecule has 0 amide bonds. The average Bonchev–Trinajstić information content (AvgIpc) is 3.26. The minimum atomic E-state index is -0.171. The van der Waals surface area contributed by atoms with Gasteiger partial charge in [-0.3, -0.25) is 9.36 Å². The van der Waals surface area contributed by atoms with E-state index < -0.39 is 0 Å². The van der Waals surface area contributed by atoms with E-state index in [4.69, 9.17) is 0 Å². The van der Waals surface area contributed by atoms with Gasteiger partial charge in [0.05, 0.1) is 17.8 Å². The van der Waals surface area contributed by atoms with Gasteiger partial charge in [-0.05, 0) is 28.7 Å². The summed E-state index contributed by atoms with van der Waals surface area (Å²) in [5.41, 5.74) is 3.90. The van der Waals surface area contributed by atoms with Gasteiger partial charge in [-0.1, -0.05) is 104 Å². The monoisotopic (exact) mass is 482 g/mol. The first kappa shape index (κ1) is 23.0. The van der Waals surface area contributed by atoms with Crippen molar-refractivity contribution in [3.63, 3.8) is 0 Å². The first-order valence-electron chi connectivity index (χ1n) is 11.4. The third kappa shape index (κ3) is 4.88. The SMILES string of the molecule is CC(C)(C)c1ccc(-c2nnc(SCn3nnc4ccccc4c3=O)n2Cc2ccccc2)cc1. The van der Waals surface area contributed by atoms with Crippen molar-refractivity contribution < 1.29 is 0 Å². The normalized spacial score (nSPS) is 11.7. The average molecular weight is 483 g/mol. The summed E-state index contributed by atoms with van der Waals surface area (Å²) in [6.07, 6.45) is 0. The molecule has 0 unspecified atom stereocenters. The molecule has 2 heterocycles. The first-order valence-corrected chi connectivity index (χ1v) is 12.4. The molecule has 0 N–H and O–H groups in total. The maximum absolute atomic E-state index is 12.9. The van der Waals surface area contributed by atoms with E-state index in [0.29, 0.717) is 22.6 Å². The van der Waals surface area contributed by atoms with Crippen molar-refractivity contribution in [2.45, 2.75) is 43.8 Å². The molecule has 3 aromatic carbocycles. The zero-order valence-corrected chi connectivity index (χ0v) is 20.7. The van der Waals surface area contributed by atoms with E-state index in [1.165, 1.54) is 22.0 Å². The summed E-state index contributed by atoms with van der Waals surface area (Å²) >= 11 is 1.41. The van der Waals surface area contributed by atoms with E-state index in [-0.39, 0.29) is 16.9 Å². The molecule has 0 saturated carbocycles. The van der Waals surface area contributed by atoms with Crippen molar-refractivity contribution in [2.24, 2.45) is 0 Å². The molecule has 0 aliphatic heterocycles. The minimum absolute atomic E-state index is 0.0748. The quantitative estimate of drug-likeness (QED) is 0.312. The van der Waals surface area contributed by atoms with Crippen LogP contribution >= 0.6 is 11.8 Å². The molecule has 0 aliphatic carbocycles. The standard InChI is InChI=1S/C27H26N6OS/c1-27(2,3)21-15-13-20(14-16-21)24-29-30-26(32(24)17-19-9-5-4-6-10-19)35-18-33-25(34)22-11-7-8-12-23(22)28-31-33/h4-16H,17-18H2,1-3H3. The molecule has 0 radical (unpaired) electrons. The van der Waals surface area contributed by atoms with Gasteiger partial charge in [0.1, 0.15) is 5.52 Å². The predicted molar refractivity (Wildman–Crippen MR) is 139 cm³/mol. The van der Waals surface area contributed by atoms with Crippen LogP contribution in [0.4, 0.5) is 0 Å². The van der Waals surface area contributed by atoms with Crippen LogP contribution in [0.5, 0.6) is 0 Å². The zero-order valence-electron chi connectivity index (χ0n) is 19.9. The molecule has 2 aromatic heterocycles. The molecule has 0 spiro atoms. The fraction of sp³-hybridized carbons (Fsp3) is 0.222. The first-order chi connectivity index (χ1) is 16.9. The van der Waals surface area contributed by atoms with Gasteiger partial charge in [-0.25, -0.2) is 0 Å². The molecule has 8 heteroatoms. The van der Waals surface area contributed by atoms with Gasteiger partial charge in [0.25, 0.3) is 5.56 Å². The Hall–Kier alpha value is -3.78. The lowest BCUT2D eigenvalue weighted by atomic mass is 9.87. The van der Waals surface area contributed by atoms with Crippen LogP contribution in [0.3, 0.4) is 0 Å². The number of hydrogen-bond donors (Lipinski definition) is 0. The fourth-order valence-corrected chi connectivity index (χ4v) is 4.68. The minimum Gasteiger partial charge on any atom is -0.297 e. The van der Waals surface area contributed by atoms with Crippen LogP contribution in [0, 0.1) is 0 Å². The van der Waals surface area contributed by atoms with Crippen LogP contribution in [0.25, 0.3) is 22.3 Å². The van der Waals surface area contributed by atoms with Gasteiger partial charge in [0.2, 0.25) is 0 Å². The summed E-state index contributed by atoms with van der Waals surface area (Å²) < 4.78 is 3.46. The molecule has 176 valence electrons. The second kappa shape index (κ2) is 9.46. The Balaban J connectivity index is 1.48. The van der Waals surface area contributed by atoms with E-state index in [1.807, 2.05) is 30.3 Å². The lowest BCUT2D eigenvalue weighted by Gasteiger charge is -2.19. The van der Waals surface area contributed by atoms with Gasteiger partial charge in [0, 0.05) is 5.56 Å². The number of fused-ring (bicyclic) bond motifs is 1. The molecule has 7 nitrogen and oxygen atoms in total. The number of hydrogen-bond acceptors (Lipinski definition) is 6. The van der Waals surface area contributed by atoms with Crippen molar-refractivity contribution in [2.75, 3.05) is 0 Å². The Morgan fingerprint density at radius 2 is 1.54 bits per heavy atom. The lowest BCUT2D eigenvalue weighted by molar-refractivity contribution is 0.590. The second-order valence-electron chi connectivity index (χ2n) is 9.39. The highest BCUT2D eigenvalue weighted by Crippen LogP contribution is 2.28. The van der Waals surface area contributed by atoms with Gasteiger partial charge < -0.3 is 0 Å². The van der Waals surface area contributed by atoms with Crippen LogP contribution in [0.1, 0.15) is 31.9 Å². The van der Waals surface area contributed by atoms with Gasteiger partial charge in [0.15, 0.2) is 11.0 Å². The molecule has 0 aliphatic rings. The maximum Gasteiger partial charge on any atom is 0.278 e. The topological polar surface area (TPSA) is 78.5 Å². The van der Waals surface area contributed by atoms with Crippen molar-refractivity contribution >= 4 is 22.7 Å². The molecule has 0 fully saturated rings. The van der Waals surface area contributed by atoms with Crippen molar-refractivity contribution in [1.82, 2.24) is 29.8 Å². The molecule has 0 saturated heterocycles. The second-order valence-corrected chi connectivity index (χ2v) is 10.3. The molecule has 0 bridgehead atoms. The maximum atomic E-state index is 12.9. The van der Waals surface area contributed by atoms with Crippen LogP contribution in [-0.4, -0.2) is 29.8 Å². The lowest BCUT2D eigenvalue weighted by Crippen LogP contribution is -2.23. The highest BCUT2D eigenvalue weighted by Gasteiger charge is 2.18. The van der Waals surface area contributed by atoms with Crippen LogP contribution in [-0.2, 0) is 17.8 Å². The third-order valence-corrected chi connectivity index (χ3v) is 6.79. The number of benzene rings is 3. The number of rotatable bonds is 6. The van der Waals surface area contributed by atoms with Gasteiger partial charge >= 0.3 is 0 Å². The molecule has 5 rings (SSSR count). The summed E-state index contributed by atoms with van der Waals surface area (Å²) in [5, 5.41) is 18.6. The Morgan fingerprint density at radius 3 is 2.29 bits per heavy atom. The summed E-state index contributed by atoms with van der Waals surface area (Å²) in [7, 11) is 0. The van der Waals surface area contributed by atoms with Gasteiger partial charge in [-0.2, -0.15) is 4.68 Å². The Morgan fingerprint density at radius 1 is 0.829 bits per heavy atom. The van der Waals surface area contributed by atoms with Crippen molar-refractivity contribution in [1.29, 1.82) is 0 Å². The van der Waals surface area contributed by atoms with E-state index in [1.54, 1.807) is 12.1 Å². The van der Waals surface area contributed by atoms with E-state index >= 15 is 0 Å². The summed E-state index contributed by atoms with van der Waals surface area (Å²) in [6.45, 7) is 7.22. The number of thioether (sulfide) groups is 1. The molecular formula is C27H26N6OS. The van der Waals surface area contributed by atoms with Gasteiger partial charge in [-0.15, -0.1) is 15.3 Å². The number of nitrogens with zero attached hydrogens (tertiary/aromatic N) is 6. The summed E-state index contributed by atoms with van der Waals surface area (Å²) in [6, 6.07) is 25.9. The summed E-state index contributed by atoms with van der Waals surface area (Å²) in [5.74, 6) is 1.07. The molecule has 35 heavy (non-hydrogen) atoms. The molecule has 5 aromatic rings. The zero-order chi connectivity index (χ0) is 24.4.